The topological polar surface area (TPSA) is 79.7 Å². The summed E-state index contributed by atoms with van der Waals surface area (Å²) in [5.41, 5.74) is 1.85. The number of ether oxygens (including phenoxy) is 1. The van der Waals surface area contributed by atoms with E-state index in [1.165, 1.54) is 6.92 Å². The molecule has 0 aliphatic carbocycles. The molecular weight excluding hydrogens is 370 g/mol. The van der Waals surface area contributed by atoms with Crippen molar-refractivity contribution in [1.82, 2.24) is 14.7 Å². The summed E-state index contributed by atoms with van der Waals surface area (Å²) in [7, 11) is 0. The highest BCUT2D eigenvalue weighted by Gasteiger charge is 2.26. The smallest absolute Gasteiger partial charge is 0.253 e. The summed E-state index contributed by atoms with van der Waals surface area (Å²) in [6.45, 7) is 6.10. The molecule has 2 amide bonds. The quantitative estimate of drug-likeness (QED) is 0.855. The number of carbonyl (C=O) groups excluding carboxylic acids is 2. The van der Waals surface area contributed by atoms with Gasteiger partial charge in [0.25, 0.3) is 5.91 Å². The van der Waals surface area contributed by atoms with Gasteiger partial charge in [-0.05, 0) is 37.1 Å². The third-order valence-corrected chi connectivity index (χ3v) is 5.56. The maximum absolute atomic E-state index is 12.9. The number of likely N-dealkylation sites (tertiary alicyclic amines) is 1. The number of hydrogen-bond donors (Lipinski definition) is 1. The third kappa shape index (κ3) is 4.42. The first-order valence-corrected chi connectivity index (χ1v) is 10.1. The minimum absolute atomic E-state index is 0.0690. The van der Waals surface area contributed by atoms with Crippen LogP contribution in [0.1, 0.15) is 36.2 Å². The average molecular weight is 397 g/mol. The summed E-state index contributed by atoms with van der Waals surface area (Å²) in [6, 6.07) is 9.86. The number of anilines is 2. The predicted molar refractivity (Wildman–Crippen MR) is 110 cm³/mol. The fourth-order valence-electron chi connectivity index (χ4n) is 4.02. The van der Waals surface area contributed by atoms with Crippen molar-refractivity contribution in [3.63, 3.8) is 0 Å². The summed E-state index contributed by atoms with van der Waals surface area (Å²) in [4.78, 5) is 28.4. The molecule has 1 aromatic heterocycles. The SMILES string of the molecule is CC(=O)Nc1ccnn1C1CCN(C(=O)c2ccc(N3CCOCC3)cc2)CC1. The van der Waals surface area contributed by atoms with Gasteiger partial charge in [0.1, 0.15) is 5.82 Å². The van der Waals surface area contributed by atoms with Gasteiger partial charge in [-0.25, -0.2) is 4.68 Å². The van der Waals surface area contributed by atoms with Gasteiger partial charge in [-0.15, -0.1) is 0 Å². The van der Waals surface area contributed by atoms with E-state index < -0.39 is 0 Å². The van der Waals surface area contributed by atoms with E-state index in [0.717, 1.165) is 50.4 Å². The minimum Gasteiger partial charge on any atom is -0.378 e. The lowest BCUT2D eigenvalue weighted by Crippen LogP contribution is -2.39. The van der Waals surface area contributed by atoms with Crippen LogP contribution in [0.25, 0.3) is 0 Å². The van der Waals surface area contributed by atoms with Crippen molar-refractivity contribution in [2.75, 3.05) is 49.6 Å². The van der Waals surface area contributed by atoms with Gasteiger partial charge in [0.15, 0.2) is 0 Å². The van der Waals surface area contributed by atoms with Gasteiger partial charge in [0, 0.05) is 50.4 Å². The van der Waals surface area contributed by atoms with Gasteiger partial charge in [0.2, 0.25) is 5.91 Å². The van der Waals surface area contributed by atoms with Crippen LogP contribution in [0.15, 0.2) is 36.5 Å². The predicted octanol–water partition coefficient (Wildman–Crippen LogP) is 2.16. The van der Waals surface area contributed by atoms with Crippen LogP contribution in [0.4, 0.5) is 11.5 Å². The van der Waals surface area contributed by atoms with Crippen molar-refractivity contribution in [3.8, 4) is 0 Å². The van der Waals surface area contributed by atoms with Crippen molar-refractivity contribution in [3.05, 3.63) is 42.1 Å². The molecule has 2 aromatic rings. The highest BCUT2D eigenvalue weighted by Crippen LogP contribution is 2.26. The molecule has 29 heavy (non-hydrogen) atoms. The van der Waals surface area contributed by atoms with E-state index in [1.54, 1.807) is 12.3 Å². The van der Waals surface area contributed by atoms with E-state index in [0.29, 0.717) is 18.9 Å². The van der Waals surface area contributed by atoms with Gasteiger partial charge in [0.05, 0.1) is 25.5 Å². The summed E-state index contributed by atoms with van der Waals surface area (Å²) >= 11 is 0. The molecule has 0 unspecified atom stereocenters. The Morgan fingerprint density at radius 3 is 2.38 bits per heavy atom. The molecule has 0 saturated carbocycles. The number of morpholine rings is 1. The number of piperidine rings is 1. The number of hydrogen-bond acceptors (Lipinski definition) is 5. The van der Waals surface area contributed by atoms with Gasteiger partial charge < -0.3 is 19.9 Å². The van der Waals surface area contributed by atoms with E-state index >= 15 is 0 Å². The number of carbonyl (C=O) groups is 2. The van der Waals surface area contributed by atoms with Gasteiger partial charge in [-0.1, -0.05) is 0 Å². The Labute approximate surface area is 170 Å². The minimum atomic E-state index is -0.111. The summed E-state index contributed by atoms with van der Waals surface area (Å²) in [5, 5.41) is 7.17. The molecule has 2 aliphatic heterocycles. The molecule has 0 radical (unpaired) electrons. The zero-order chi connectivity index (χ0) is 20.2. The molecule has 8 heteroatoms. The van der Waals surface area contributed by atoms with Gasteiger partial charge >= 0.3 is 0 Å². The average Bonchev–Trinajstić information content (AvgIpc) is 3.21. The molecule has 154 valence electrons. The second-order valence-corrected chi connectivity index (χ2v) is 7.51. The van der Waals surface area contributed by atoms with Crippen LogP contribution in [0.3, 0.4) is 0 Å². The molecule has 2 fully saturated rings. The molecule has 4 rings (SSSR count). The van der Waals surface area contributed by atoms with E-state index in [4.69, 9.17) is 4.74 Å². The normalized spacial score (nSPS) is 18.0. The van der Waals surface area contributed by atoms with Crippen molar-refractivity contribution in [2.24, 2.45) is 0 Å². The Balaban J connectivity index is 1.35. The Morgan fingerprint density at radius 2 is 1.72 bits per heavy atom. The summed E-state index contributed by atoms with van der Waals surface area (Å²) in [6.07, 6.45) is 3.32. The fraction of sp³-hybridized carbons (Fsp3) is 0.476. The third-order valence-electron chi connectivity index (χ3n) is 5.56. The van der Waals surface area contributed by atoms with Crippen molar-refractivity contribution in [2.45, 2.75) is 25.8 Å². The Hall–Kier alpha value is -2.87. The molecule has 1 N–H and O–H groups in total. The Morgan fingerprint density at radius 1 is 1.03 bits per heavy atom. The second-order valence-electron chi connectivity index (χ2n) is 7.51. The molecular formula is C21H27N5O3. The molecule has 1 aromatic carbocycles. The monoisotopic (exact) mass is 397 g/mol. The molecule has 8 nitrogen and oxygen atoms in total. The van der Waals surface area contributed by atoms with Gasteiger partial charge in [-0.3, -0.25) is 9.59 Å². The van der Waals surface area contributed by atoms with Crippen LogP contribution in [0.2, 0.25) is 0 Å². The molecule has 2 aliphatic rings. The lowest BCUT2D eigenvalue weighted by atomic mass is 10.0. The molecule has 0 atom stereocenters. The number of aromatic nitrogens is 2. The zero-order valence-electron chi connectivity index (χ0n) is 16.7. The maximum atomic E-state index is 12.9. The number of nitrogens with zero attached hydrogens (tertiary/aromatic N) is 4. The lowest BCUT2D eigenvalue weighted by Gasteiger charge is -2.33. The summed E-state index contributed by atoms with van der Waals surface area (Å²) < 4.78 is 7.26. The van der Waals surface area contributed by atoms with Crippen molar-refractivity contribution in [1.29, 1.82) is 0 Å². The standard InChI is InChI=1S/C21H27N5O3/c1-16(27)23-20-6-9-22-26(20)19-7-10-25(11-8-19)21(28)17-2-4-18(5-3-17)24-12-14-29-15-13-24/h2-6,9,19H,7-8,10-15H2,1H3,(H,23,27). The van der Waals surface area contributed by atoms with Crippen LogP contribution in [0, 0.1) is 0 Å². The van der Waals surface area contributed by atoms with Crippen LogP contribution < -0.4 is 10.2 Å². The van der Waals surface area contributed by atoms with Crippen molar-refractivity contribution >= 4 is 23.3 Å². The number of amides is 2. The fourth-order valence-corrected chi connectivity index (χ4v) is 4.02. The number of nitrogens with one attached hydrogen (secondary N) is 1. The van der Waals surface area contributed by atoms with Crippen LogP contribution in [0.5, 0.6) is 0 Å². The number of benzene rings is 1. The molecule has 0 spiro atoms. The number of rotatable bonds is 4. The Kier molecular flexibility index (Phi) is 5.80. The van der Waals surface area contributed by atoms with E-state index in [1.807, 2.05) is 33.8 Å². The largest absolute Gasteiger partial charge is 0.378 e. The first kappa shape index (κ1) is 19.4. The van der Waals surface area contributed by atoms with E-state index in [-0.39, 0.29) is 17.9 Å². The van der Waals surface area contributed by atoms with E-state index in [2.05, 4.69) is 15.3 Å². The first-order chi connectivity index (χ1) is 14.1. The van der Waals surface area contributed by atoms with Gasteiger partial charge in [-0.2, -0.15) is 5.10 Å². The van der Waals surface area contributed by atoms with Crippen LogP contribution in [-0.2, 0) is 9.53 Å². The Bertz CT molecular complexity index is 849. The van der Waals surface area contributed by atoms with Crippen LogP contribution >= 0.6 is 0 Å². The molecule has 0 bridgehead atoms. The molecule has 3 heterocycles. The first-order valence-electron chi connectivity index (χ1n) is 10.1. The van der Waals surface area contributed by atoms with Crippen molar-refractivity contribution < 1.29 is 14.3 Å². The zero-order valence-corrected chi connectivity index (χ0v) is 16.7. The van der Waals surface area contributed by atoms with E-state index in [9.17, 15) is 9.59 Å². The lowest BCUT2D eigenvalue weighted by molar-refractivity contribution is -0.114. The maximum Gasteiger partial charge on any atom is 0.253 e. The highest BCUT2D eigenvalue weighted by molar-refractivity contribution is 5.94. The summed E-state index contributed by atoms with van der Waals surface area (Å²) in [5.74, 6) is 0.667. The molecule has 2 saturated heterocycles. The van der Waals surface area contributed by atoms with Crippen LogP contribution in [-0.4, -0.2) is 65.9 Å². The second kappa shape index (κ2) is 8.65. The highest BCUT2D eigenvalue weighted by atomic mass is 16.5.